The fourth-order valence-electron chi connectivity index (χ4n) is 2.95. The fourth-order valence-corrected chi connectivity index (χ4v) is 2.95. The third-order valence-corrected chi connectivity index (χ3v) is 4.69. The number of carbonyl (C=O) groups excluding carboxylic acids is 1. The van der Waals surface area contributed by atoms with Crippen molar-refractivity contribution in [2.24, 2.45) is 0 Å². The van der Waals surface area contributed by atoms with Crippen molar-refractivity contribution < 1.29 is 4.79 Å². The summed E-state index contributed by atoms with van der Waals surface area (Å²) in [6, 6.07) is 0. The maximum Gasteiger partial charge on any atom is 0.221 e. The molecular weight excluding hydrogens is 320 g/mol. The number of unbranched alkanes of at least 4 members (excludes halogenated alkanes) is 8. The lowest BCUT2D eigenvalue weighted by Crippen LogP contribution is -2.44. The van der Waals surface area contributed by atoms with E-state index < -0.39 is 0 Å². The molecule has 0 rings (SSSR count). The summed E-state index contributed by atoms with van der Waals surface area (Å²) in [7, 11) is 4.01. The van der Waals surface area contributed by atoms with Gasteiger partial charge in [-0.3, -0.25) is 9.69 Å². The molecule has 0 fully saturated rings. The predicted molar refractivity (Wildman–Crippen MR) is 115 cm³/mol. The highest BCUT2D eigenvalue weighted by Crippen LogP contribution is 2.08. The second kappa shape index (κ2) is 18.7. The smallest absolute Gasteiger partial charge is 0.221 e. The van der Waals surface area contributed by atoms with Crippen LogP contribution in [0.15, 0.2) is 24.3 Å². The van der Waals surface area contributed by atoms with Crippen LogP contribution in [0.3, 0.4) is 0 Å². The summed E-state index contributed by atoms with van der Waals surface area (Å²) >= 11 is 0. The molecule has 0 bridgehead atoms. The summed E-state index contributed by atoms with van der Waals surface area (Å²) in [4.78, 5) is 14.0. The molecule has 0 aliphatic carbocycles. The van der Waals surface area contributed by atoms with E-state index in [0.717, 1.165) is 25.7 Å². The van der Waals surface area contributed by atoms with E-state index in [0.29, 0.717) is 6.42 Å². The lowest BCUT2D eigenvalue weighted by Gasteiger charge is -2.23. The third kappa shape index (κ3) is 16.4. The van der Waals surface area contributed by atoms with Gasteiger partial charge in [-0.25, -0.2) is 0 Å². The van der Waals surface area contributed by atoms with Gasteiger partial charge in [0.15, 0.2) is 0 Å². The molecule has 26 heavy (non-hydrogen) atoms. The topological polar surface area (TPSA) is 32.3 Å². The molecule has 152 valence electrons. The Morgan fingerprint density at radius 1 is 0.846 bits per heavy atom. The van der Waals surface area contributed by atoms with E-state index in [9.17, 15) is 4.79 Å². The third-order valence-electron chi connectivity index (χ3n) is 4.69. The molecular formula is C23H44N2O. The van der Waals surface area contributed by atoms with E-state index in [1.165, 1.54) is 51.4 Å². The number of carbonyl (C=O) groups is 1. The Bertz CT molecular complexity index is 374. The number of nitrogens with zero attached hydrogens (tertiary/aromatic N) is 1. The molecule has 0 saturated carbocycles. The molecule has 1 N–H and O–H groups in total. The van der Waals surface area contributed by atoms with Crippen molar-refractivity contribution in [2.75, 3.05) is 14.1 Å². The zero-order valence-electron chi connectivity index (χ0n) is 17.9. The Morgan fingerprint density at radius 2 is 1.42 bits per heavy atom. The first-order valence-corrected chi connectivity index (χ1v) is 10.9. The summed E-state index contributed by atoms with van der Waals surface area (Å²) in [6.45, 7) is 4.35. The Hall–Kier alpha value is -1.09. The molecule has 1 unspecified atom stereocenters. The highest BCUT2D eigenvalue weighted by atomic mass is 16.1. The summed E-state index contributed by atoms with van der Waals surface area (Å²) in [6.07, 6.45) is 24.4. The van der Waals surface area contributed by atoms with Crippen molar-refractivity contribution in [3.8, 4) is 0 Å². The molecule has 0 heterocycles. The zero-order valence-corrected chi connectivity index (χ0v) is 17.9. The maximum absolute atomic E-state index is 11.9. The first kappa shape index (κ1) is 24.9. The average Bonchev–Trinajstić information content (AvgIpc) is 2.62. The van der Waals surface area contributed by atoms with Gasteiger partial charge in [0.1, 0.15) is 0 Å². The molecule has 1 amide bonds. The molecule has 0 aromatic carbocycles. The van der Waals surface area contributed by atoms with Crippen LogP contribution in [0, 0.1) is 0 Å². The van der Waals surface area contributed by atoms with Crippen LogP contribution in [0.2, 0.25) is 0 Å². The van der Waals surface area contributed by atoms with Crippen LogP contribution in [0.4, 0.5) is 0 Å². The molecule has 3 nitrogen and oxygen atoms in total. The first-order valence-electron chi connectivity index (χ1n) is 10.9. The number of nitrogens with one attached hydrogen (secondary N) is 1. The number of rotatable bonds is 17. The summed E-state index contributed by atoms with van der Waals surface area (Å²) in [5, 5.41) is 3.09. The van der Waals surface area contributed by atoms with Crippen LogP contribution in [-0.2, 0) is 4.79 Å². The Labute approximate surface area is 163 Å². The van der Waals surface area contributed by atoms with Gasteiger partial charge in [-0.1, -0.05) is 70.3 Å². The number of hydrogen-bond acceptors (Lipinski definition) is 2. The van der Waals surface area contributed by atoms with Gasteiger partial charge in [-0.2, -0.15) is 0 Å². The SMILES string of the molecule is CCCCCC=CCC=CCCCCCCCC(=O)NC(CC)N(C)C. The minimum atomic E-state index is 0.167. The predicted octanol–water partition coefficient (Wildman–Crippen LogP) is 6.21. The second-order valence-electron chi connectivity index (χ2n) is 7.44. The van der Waals surface area contributed by atoms with Gasteiger partial charge in [-0.15, -0.1) is 0 Å². The van der Waals surface area contributed by atoms with Gasteiger partial charge in [0.25, 0.3) is 0 Å². The highest BCUT2D eigenvalue weighted by Gasteiger charge is 2.11. The zero-order chi connectivity index (χ0) is 19.5. The van der Waals surface area contributed by atoms with E-state index in [2.05, 4.69) is 48.4 Å². The summed E-state index contributed by atoms with van der Waals surface area (Å²) in [5.74, 6) is 0.191. The quantitative estimate of drug-likeness (QED) is 0.189. The van der Waals surface area contributed by atoms with Crippen LogP contribution < -0.4 is 5.32 Å². The number of allylic oxidation sites excluding steroid dienone is 4. The van der Waals surface area contributed by atoms with Gasteiger partial charge in [0.2, 0.25) is 5.91 Å². The molecule has 0 aromatic rings. The van der Waals surface area contributed by atoms with Crippen molar-refractivity contribution >= 4 is 5.91 Å². The molecule has 0 radical (unpaired) electrons. The normalized spacial score (nSPS) is 13.1. The van der Waals surface area contributed by atoms with Crippen molar-refractivity contribution in [2.45, 2.75) is 103 Å². The van der Waals surface area contributed by atoms with Crippen LogP contribution in [-0.4, -0.2) is 31.1 Å². The molecule has 0 spiro atoms. The standard InChI is InChI=1S/C23H44N2O/c1-5-7-8-9-10-11-12-13-14-15-16-17-18-19-20-21-23(26)24-22(6-2)25(3)4/h10-11,13-14,22H,5-9,12,15-21H2,1-4H3,(H,24,26). The molecule has 0 saturated heterocycles. The first-order chi connectivity index (χ1) is 12.6. The van der Waals surface area contributed by atoms with E-state index in [1.54, 1.807) is 0 Å². The van der Waals surface area contributed by atoms with E-state index in [4.69, 9.17) is 0 Å². The van der Waals surface area contributed by atoms with Crippen molar-refractivity contribution in [1.29, 1.82) is 0 Å². The van der Waals surface area contributed by atoms with Gasteiger partial charge in [0.05, 0.1) is 6.17 Å². The van der Waals surface area contributed by atoms with Crippen LogP contribution >= 0.6 is 0 Å². The highest BCUT2D eigenvalue weighted by molar-refractivity contribution is 5.76. The van der Waals surface area contributed by atoms with Crippen LogP contribution in [0.5, 0.6) is 0 Å². The van der Waals surface area contributed by atoms with Crippen LogP contribution in [0.1, 0.15) is 97.3 Å². The monoisotopic (exact) mass is 364 g/mol. The maximum atomic E-state index is 11.9. The van der Waals surface area contributed by atoms with Gasteiger partial charge in [-0.05, 0) is 59.0 Å². The van der Waals surface area contributed by atoms with E-state index >= 15 is 0 Å². The molecule has 0 aromatic heterocycles. The summed E-state index contributed by atoms with van der Waals surface area (Å²) < 4.78 is 0. The van der Waals surface area contributed by atoms with Gasteiger partial charge in [0, 0.05) is 6.42 Å². The minimum absolute atomic E-state index is 0.167. The molecule has 3 heteroatoms. The Morgan fingerprint density at radius 3 is 2.00 bits per heavy atom. The molecule has 1 atom stereocenters. The Balaban J connectivity index is 3.43. The largest absolute Gasteiger partial charge is 0.341 e. The van der Waals surface area contributed by atoms with Crippen molar-refractivity contribution in [3.63, 3.8) is 0 Å². The molecule has 0 aliphatic heterocycles. The Kier molecular flexibility index (Phi) is 17.9. The number of hydrogen-bond donors (Lipinski definition) is 1. The summed E-state index contributed by atoms with van der Waals surface area (Å²) in [5.41, 5.74) is 0. The van der Waals surface area contributed by atoms with E-state index in [1.807, 2.05) is 14.1 Å². The lowest BCUT2D eigenvalue weighted by molar-refractivity contribution is -0.123. The van der Waals surface area contributed by atoms with Gasteiger partial charge >= 0.3 is 0 Å². The van der Waals surface area contributed by atoms with Crippen LogP contribution in [0.25, 0.3) is 0 Å². The van der Waals surface area contributed by atoms with Crippen molar-refractivity contribution in [1.82, 2.24) is 10.2 Å². The molecule has 0 aliphatic rings. The average molecular weight is 365 g/mol. The van der Waals surface area contributed by atoms with Gasteiger partial charge < -0.3 is 5.32 Å². The lowest BCUT2D eigenvalue weighted by atomic mass is 10.1. The fraction of sp³-hybridized carbons (Fsp3) is 0.783. The van der Waals surface area contributed by atoms with Crippen molar-refractivity contribution in [3.05, 3.63) is 24.3 Å². The number of amides is 1. The minimum Gasteiger partial charge on any atom is -0.341 e. The van der Waals surface area contributed by atoms with E-state index in [-0.39, 0.29) is 12.1 Å². The second-order valence-corrected chi connectivity index (χ2v) is 7.44.